The van der Waals surface area contributed by atoms with Crippen LogP contribution in [0.3, 0.4) is 0 Å². The minimum absolute atomic E-state index is 0.0364. The molecule has 1 aliphatic rings. The minimum Gasteiger partial charge on any atom is -0.370 e. The van der Waals surface area contributed by atoms with Crippen molar-refractivity contribution >= 4 is 57.9 Å². The number of amides is 4. The van der Waals surface area contributed by atoms with Crippen LogP contribution in [0.4, 0.5) is 11.4 Å². The number of anilines is 2. The predicted molar refractivity (Wildman–Crippen MR) is 127 cm³/mol. The van der Waals surface area contributed by atoms with Crippen molar-refractivity contribution in [1.29, 1.82) is 0 Å². The summed E-state index contributed by atoms with van der Waals surface area (Å²) in [7, 11) is 3.15. The van der Waals surface area contributed by atoms with E-state index in [-0.39, 0.29) is 24.8 Å². The molecule has 2 N–H and O–H groups in total. The second kappa shape index (κ2) is 10.8. The van der Waals surface area contributed by atoms with Gasteiger partial charge in [-0.3, -0.25) is 19.2 Å². The highest BCUT2D eigenvalue weighted by Crippen LogP contribution is 2.25. The van der Waals surface area contributed by atoms with E-state index in [0.717, 1.165) is 22.6 Å². The maximum Gasteiger partial charge on any atom is 0.262 e. The summed E-state index contributed by atoms with van der Waals surface area (Å²) in [5.74, 6) is -1.46. The molecule has 1 atom stereocenters. The van der Waals surface area contributed by atoms with Gasteiger partial charge < -0.3 is 25.2 Å². The summed E-state index contributed by atoms with van der Waals surface area (Å²) in [5, 5.41) is 5.38. The molecule has 2 aromatic rings. The molecular weight excluding hydrogens is 468 g/mol. The van der Waals surface area contributed by atoms with Gasteiger partial charge >= 0.3 is 0 Å². The van der Waals surface area contributed by atoms with Crippen LogP contribution in [0.5, 0.6) is 0 Å². The summed E-state index contributed by atoms with van der Waals surface area (Å²) in [5.41, 5.74) is 2.02. The Morgan fingerprint density at radius 3 is 2.61 bits per heavy atom. The molecule has 11 heteroatoms. The number of halogens is 1. The number of thiophene rings is 1. The molecule has 0 aliphatic carbocycles. The van der Waals surface area contributed by atoms with Crippen LogP contribution in [-0.2, 0) is 19.1 Å². The molecule has 0 saturated carbocycles. The zero-order valence-electron chi connectivity index (χ0n) is 18.5. The molecule has 0 spiro atoms. The van der Waals surface area contributed by atoms with Crippen LogP contribution in [0.1, 0.15) is 21.7 Å². The zero-order valence-corrected chi connectivity index (χ0v) is 20.1. The van der Waals surface area contributed by atoms with Gasteiger partial charge in [-0.15, -0.1) is 11.3 Å². The lowest BCUT2D eigenvalue weighted by Gasteiger charge is -2.28. The van der Waals surface area contributed by atoms with Crippen molar-refractivity contribution < 1.29 is 23.9 Å². The predicted octanol–water partition coefficient (Wildman–Crippen LogP) is 2.29. The molecule has 176 valence electrons. The Hall–Kier alpha value is -2.95. The number of benzene rings is 1. The molecule has 3 rings (SSSR count). The van der Waals surface area contributed by atoms with E-state index >= 15 is 0 Å². The topological polar surface area (TPSA) is 108 Å². The Balaban J connectivity index is 1.75. The minimum atomic E-state index is -1.09. The van der Waals surface area contributed by atoms with E-state index in [1.54, 1.807) is 49.3 Å². The van der Waals surface area contributed by atoms with Crippen molar-refractivity contribution in [3.05, 3.63) is 45.1 Å². The molecule has 2 heterocycles. The van der Waals surface area contributed by atoms with Gasteiger partial charge in [0.25, 0.3) is 11.8 Å². The highest BCUT2D eigenvalue weighted by Gasteiger charge is 2.27. The zero-order chi connectivity index (χ0) is 24.1. The molecule has 4 amide bonds. The summed E-state index contributed by atoms with van der Waals surface area (Å²) in [4.78, 5) is 53.3. The fourth-order valence-electron chi connectivity index (χ4n) is 3.27. The fourth-order valence-corrected chi connectivity index (χ4v) is 4.22. The van der Waals surface area contributed by atoms with Crippen molar-refractivity contribution in [3.8, 4) is 0 Å². The lowest BCUT2D eigenvalue weighted by molar-refractivity contribution is -0.131. The van der Waals surface area contributed by atoms with Gasteiger partial charge in [0.1, 0.15) is 12.6 Å². The van der Waals surface area contributed by atoms with Gasteiger partial charge in [0.15, 0.2) is 0 Å². The van der Waals surface area contributed by atoms with E-state index in [9.17, 15) is 19.2 Å². The average Bonchev–Trinajstić information content (AvgIpc) is 3.20. The number of carbonyl (C=O) groups excluding carboxylic acids is 4. The van der Waals surface area contributed by atoms with Gasteiger partial charge in [-0.1, -0.05) is 11.6 Å². The molecule has 1 fully saturated rings. The molecule has 0 radical (unpaired) electrons. The molecule has 0 bridgehead atoms. The number of hydrogen-bond acceptors (Lipinski definition) is 6. The number of carbonyl (C=O) groups is 4. The maximum absolute atomic E-state index is 13.0. The number of nitrogens with one attached hydrogen (secondary N) is 2. The first kappa shape index (κ1) is 24.7. The summed E-state index contributed by atoms with van der Waals surface area (Å²) in [6, 6.07) is 7.22. The highest BCUT2D eigenvalue weighted by molar-refractivity contribution is 7.18. The van der Waals surface area contributed by atoms with Crippen LogP contribution in [0.15, 0.2) is 30.3 Å². The fraction of sp³-hybridized carbons (Fsp3) is 0.364. The number of nitrogens with zero attached hydrogens (tertiary/aromatic N) is 2. The van der Waals surface area contributed by atoms with E-state index < -0.39 is 17.9 Å². The standard InChI is InChI=1S/C22H25ClN4O5S/c1-13-10-14(4-5-16(13)27-8-9-32-12-20(27)29)24-21(30)15(11-19(28)26(2)3)25-22(31)17-6-7-18(23)33-17/h4-7,10,15H,8-9,11-12H2,1-3H3,(H,24,30)(H,25,31). The molecule has 9 nitrogen and oxygen atoms in total. The van der Waals surface area contributed by atoms with Crippen LogP contribution in [0.2, 0.25) is 4.34 Å². The third kappa shape index (κ3) is 6.31. The third-order valence-electron chi connectivity index (χ3n) is 5.04. The normalized spacial score (nSPS) is 14.5. The van der Waals surface area contributed by atoms with Crippen molar-refractivity contribution in [1.82, 2.24) is 10.2 Å². The smallest absolute Gasteiger partial charge is 0.262 e. The van der Waals surface area contributed by atoms with E-state index in [4.69, 9.17) is 16.3 Å². The van der Waals surface area contributed by atoms with Crippen molar-refractivity contribution in [2.45, 2.75) is 19.4 Å². The summed E-state index contributed by atoms with van der Waals surface area (Å²) < 4.78 is 5.61. The largest absolute Gasteiger partial charge is 0.370 e. The first-order valence-electron chi connectivity index (χ1n) is 10.2. The van der Waals surface area contributed by atoms with Crippen LogP contribution in [-0.4, -0.2) is 68.4 Å². The summed E-state index contributed by atoms with van der Waals surface area (Å²) in [6.45, 7) is 2.79. The Kier molecular flexibility index (Phi) is 8.06. The molecule has 1 saturated heterocycles. The second-order valence-corrected chi connectivity index (χ2v) is 9.43. The number of hydrogen-bond donors (Lipinski definition) is 2. The monoisotopic (exact) mass is 492 g/mol. The van der Waals surface area contributed by atoms with Crippen molar-refractivity contribution in [2.24, 2.45) is 0 Å². The molecular formula is C22H25ClN4O5S. The highest BCUT2D eigenvalue weighted by atomic mass is 35.5. The second-order valence-electron chi connectivity index (χ2n) is 7.71. The van der Waals surface area contributed by atoms with Gasteiger partial charge in [-0.25, -0.2) is 0 Å². The Morgan fingerprint density at radius 2 is 2.00 bits per heavy atom. The van der Waals surface area contributed by atoms with Gasteiger partial charge in [-0.2, -0.15) is 0 Å². The van der Waals surface area contributed by atoms with Crippen molar-refractivity contribution in [2.75, 3.05) is 44.1 Å². The number of ether oxygens (including phenoxy) is 1. The molecule has 1 aromatic heterocycles. The van der Waals surface area contributed by atoms with E-state index in [1.807, 2.05) is 6.92 Å². The average molecular weight is 493 g/mol. The molecule has 1 aliphatic heterocycles. The van der Waals surface area contributed by atoms with Crippen LogP contribution in [0, 0.1) is 6.92 Å². The molecule has 33 heavy (non-hydrogen) atoms. The van der Waals surface area contributed by atoms with Crippen molar-refractivity contribution in [3.63, 3.8) is 0 Å². The van der Waals surface area contributed by atoms with Gasteiger partial charge in [0.05, 0.1) is 22.2 Å². The molecule has 1 unspecified atom stereocenters. The van der Waals surface area contributed by atoms with E-state index in [1.165, 1.54) is 4.90 Å². The van der Waals surface area contributed by atoms with E-state index in [0.29, 0.717) is 28.1 Å². The Morgan fingerprint density at radius 1 is 1.24 bits per heavy atom. The first-order valence-corrected chi connectivity index (χ1v) is 11.4. The lowest BCUT2D eigenvalue weighted by atomic mass is 10.1. The number of aryl methyl sites for hydroxylation is 1. The van der Waals surface area contributed by atoms with E-state index in [2.05, 4.69) is 10.6 Å². The summed E-state index contributed by atoms with van der Waals surface area (Å²) in [6.07, 6.45) is -0.205. The van der Waals surface area contributed by atoms with Gasteiger partial charge in [0.2, 0.25) is 11.8 Å². The summed E-state index contributed by atoms with van der Waals surface area (Å²) >= 11 is 6.98. The number of rotatable bonds is 7. The van der Waals surface area contributed by atoms with Crippen LogP contribution < -0.4 is 15.5 Å². The SMILES string of the molecule is Cc1cc(NC(=O)C(CC(=O)N(C)C)NC(=O)c2ccc(Cl)s2)ccc1N1CCOCC1=O. The van der Waals surface area contributed by atoms with Crippen LogP contribution in [0.25, 0.3) is 0 Å². The Labute approximate surface area is 200 Å². The maximum atomic E-state index is 13.0. The Bertz CT molecular complexity index is 1070. The van der Waals surface area contributed by atoms with Gasteiger partial charge in [-0.05, 0) is 42.8 Å². The quantitative estimate of drug-likeness (QED) is 0.616. The number of morpholine rings is 1. The first-order chi connectivity index (χ1) is 15.7. The third-order valence-corrected chi connectivity index (χ3v) is 6.27. The lowest BCUT2D eigenvalue weighted by Crippen LogP contribution is -2.46. The van der Waals surface area contributed by atoms with Gasteiger partial charge in [0, 0.05) is 32.0 Å². The molecule has 1 aromatic carbocycles. The van der Waals surface area contributed by atoms with Crippen LogP contribution >= 0.6 is 22.9 Å².